The van der Waals surface area contributed by atoms with Crippen LogP contribution in [0, 0.1) is 6.92 Å². The monoisotopic (exact) mass is 519 g/mol. The van der Waals surface area contributed by atoms with Gasteiger partial charge in [0.25, 0.3) is 11.8 Å². The van der Waals surface area contributed by atoms with Crippen molar-refractivity contribution in [1.82, 2.24) is 0 Å². The van der Waals surface area contributed by atoms with Crippen LogP contribution < -0.4 is 15.0 Å². The lowest BCUT2D eigenvalue weighted by Gasteiger charge is -2.15. The summed E-state index contributed by atoms with van der Waals surface area (Å²) in [5, 5.41) is 3.40. The Morgan fingerprint density at radius 3 is 2.37 bits per heavy atom. The molecule has 188 valence electrons. The van der Waals surface area contributed by atoms with Gasteiger partial charge in [-0.25, -0.2) is 4.99 Å². The van der Waals surface area contributed by atoms with E-state index in [0.717, 1.165) is 28.2 Å². The number of amidine groups is 1. The molecule has 0 saturated carbocycles. The number of anilines is 2. The van der Waals surface area contributed by atoms with E-state index in [4.69, 9.17) is 9.73 Å². The van der Waals surface area contributed by atoms with Crippen LogP contribution in [-0.2, 0) is 9.59 Å². The number of amides is 2. The first kappa shape index (κ1) is 25.0. The van der Waals surface area contributed by atoms with E-state index in [0.29, 0.717) is 15.8 Å². The van der Waals surface area contributed by atoms with Gasteiger partial charge in [0.1, 0.15) is 5.75 Å². The van der Waals surface area contributed by atoms with E-state index in [1.165, 1.54) is 11.8 Å². The summed E-state index contributed by atoms with van der Waals surface area (Å²) in [5.74, 6) is 0.131. The molecule has 0 bridgehead atoms. The molecule has 1 saturated heterocycles. The van der Waals surface area contributed by atoms with Crippen LogP contribution >= 0.6 is 11.8 Å². The molecular formula is C31H25N3O3S. The molecule has 0 aromatic heterocycles. The summed E-state index contributed by atoms with van der Waals surface area (Å²) in [6, 6.07) is 33.9. The molecule has 38 heavy (non-hydrogen) atoms. The molecule has 4 aromatic carbocycles. The molecule has 2 amide bonds. The van der Waals surface area contributed by atoms with Gasteiger partial charge in [0.2, 0.25) is 0 Å². The zero-order valence-electron chi connectivity index (χ0n) is 20.7. The number of nitrogens with zero attached hydrogens (tertiary/aromatic N) is 2. The Hall–Kier alpha value is -4.62. The van der Waals surface area contributed by atoms with Gasteiger partial charge >= 0.3 is 0 Å². The molecule has 0 unspecified atom stereocenters. The maximum atomic E-state index is 13.5. The maximum Gasteiger partial charge on any atom is 0.271 e. The molecule has 0 radical (unpaired) electrons. The van der Waals surface area contributed by atoms with Gasteiger partial charge in [0.15, 0.2) is 11.8 Å². The van der Waals surface area contributed by atoms with Crippen molar-refractivity contribution in [1.29, 1.82) is 0 Å². The third-order valence-corrected chi connectivity index (χ3v) is 6.63. The van der Waals surface area contributed by atoms with Crippen molar-refractivity contribution >= 4 is 51.9 Å². The van der Waals surface area contributed by atoms with E-state index < -0.39 is 0 Å². The first-order valence-corrected chi connectivity index (χ1v) is 12.9. The Bertz CT molecular complexity index is 1500. The molecule has 1 fully saturated rings. The summed E-state index contributed by atoms with van der Waals surface area (Å²) in [5.41, 5.74) is 4.14. The molecule has 6 nitrogen and oxygen atoms in total. The second kappa shape index (κ2) is 11.6. The van der Waals surface area contributed by atoms with Gasteiger partial charge in [-0.2, -0.15) is 0 Å². The molecular weight excluding hydrogens is 494 g/mol. The number of thioether (sulfide) groups is 1. The number of para-hydroxylation sites is 2. The summed E-state index contributed by atoms with van der Waals surface area (Å²) in [4.78, 5) is 32.7. The lowest BCUT2D eigenvalue weighted by molar-refractivity contribution is -0.118. The van der Waals surface area contributed by atoms with Gasteiger partial charge in [-0.1, -0.05) is 66.2 Å². The van der Waals surface area contributed by atoms with Gasteiger partial charge in [0, 0.05) is 5.69 Å². The fourth-order valence-corrected chi connectivity index (χ4v) is 4.80. The van der Waals surface area contributed by atoms with Crippen molar-refractivity contribution in [2.45, 2.75) is 6.92 Å². The molecule has 5 rings (SSSR count). The number of benzene rings is 4. The van der Waals surface area contributed by atoms with Crippen LogP contribution in [-0.4, -0.2) is 23.6 Å². The van der Waals surface area contributed by atoms with E-state index in [9.17, 15) is 9.59 Å². The van der Waals surface area contributed by atoms with Crippen LogP contribution in [0.15, 0.2) is 119 Å². The minimum atomic E-state index is -0.251. The average Bonchev–Trinajstić information content (AvgIpc) is 3.24. The van der Waals surface area contributed by atoms with E-state index in [1.54, 1.807) is 17.0 Å². The topological polar surface area (TPSA) is 71.0 Å². The van der Waals surface area contributed by atoms with Crippen molar-refractivity contribution in [3.8, 4) is 5.75 Å². The number of nitrogens with one attached hydrogen (secondary N) is 1. The van der Waals surface area contributed by atoms with Crippen molar-refractivity contribution in [3.05, 3.63) is 125 Å². The van der Waals surface area contributed by atoms with Crippen LogP contribution in [0.5, 0.6) is 5.75 Å². The van der Waals surface area contributed by atoms with E-state index in [2.05, 4.69) is 5.32 Å². The van der Waals surface area contributed by atoms with E-state index in [1.807, 2.05) is 110 Å². The summed E-state index contributed by atoms with van der Waals surface area (Å²) in [6.07, 6.45) is 1.82. The third kappa shape index (κ3) is 6.19. The number of carbonyl (C=O) groups excluding carboxylic acids is 2. The number of hydrogen-bond donors (Lipinski definition) is 1. The largest absolute Gasteiger partial charge is 0.484 e. The Balaban J connectivity index is 1.33. The van der Waals surface area contributed by atoms with E-state index >= 15 is 0 Å². The highest BCUT2D eigenvalue weighted by atomic mass is 32.2. The van der Waals surface area contributed by atoms with Crippen molar-refractivity contribution in [2.75, 3.05) is 16.8 Å². The lowest BCUT2D eigenvalue weighted by Crippen LogP contribution is -2.28. The quantitative estimate of drug-likeness (QED) is 0.272. The normalized spacial score (nSPS) is 15.2. The Kier molecular flexibility index (Phi) is 7.66. The van der Waals surface area contributed by atoms with Crippen LogP contribution in [0.2, 0.25) is 0 Å². The summed E-state index contributed by atoms with van der Waals surface area (Å²) in [6.45, 7) is 1.86. The standard InChI is InChI=1S/C31H25N3O3S/c1-22-15-17-25(18-16-22)32-29(35)21-37-27-14-8-9-23(19-27)20-28-30(36)34(26-12-6-3-7-13-26)31(38-28)33-24-10-4-2-5-11-24/h2-20H,21H2,1H3,(H,32,35)/b28-20-,33-31?. The molecule has 1 N–H and O–H groups in total. The highest BCUT2D eigenvalue weighted by Gasteiger charge is 2.34. The maximum absolute atomic E-state index is 13.5. The smallest absolute Gasteiger partial charge is 0.271 e. The molecule has 7 heteroatoms. The van der Waals surface area contributed by atoms with Crippen LogP contribution in [0.25, 0.3) is 6.08 Å². The number of aryl methyl sites for hydroxylation is 1. The molecule has 1 aliphatic rings. The summed E-state index contributed by atoms with van der Waals surface area (Å²) in [7, 11) is 0. The molecule has 4 aromatic rings. The average molecular weight is 520 g/mol. The minimum Gasteiger partial charge on any atom is -0.484 e. The second-order valence-corrected chi connectivity index (χ2v) is 9.60. The first-order chi connectivity index (χ1) is 18.5. The van der Waals surface area contributed by atoms with Crippen molar-refractivity contribution in [2.24, 2.45) is 4.99 Å². The van der Waals surface area contributed by atoms with Crippen LogP contribution in [0.3, 0.4) is 0 Å². The predicted molar refractivity (Wildman–Crippen MR) is 155 cm³/mol. The SMILES string of the molecule is Cc1ccc(NC(=O)COc2cccc(/C=C3\SC(=Nc4ccccc4)N(c4ccccc4)C3=O)c2)cc1. The van der Waals surface area contributed by atoms with Crippen LogP contribution in [0.1, 0.15) is 11.1 Å². The number of ether oxygens (including phenoxy) is 1. The first-order valence-electron chi connectivity index (χ1n) is 12.1. The van der Waals surface area contributed by atoms with Crippen molar-refractivity contribution in [3.63, 3.8) is 0 Å². The predicted octanol–water partition coefficient (Wildman–Crippen LogP) is 6.82. The zero-order valence-corrected chi connectivity index (χ0v) is 21.5. The summed E-state index contributed by atoms with van der Waals surface area (Å²) < 4.78 is 5.72. The van der Waals surface area contributed by atoms with E-state index in [-0.39, 0.29) is 18.4 Å². The molecule has 1 aliphatic heterocycles. The lowest BCUT2D eigenvalue weighted by atomic mass is 10.2. The Morgan fingerprint density at radius 2 is 1.63 bits per heavy atom. The number of carbonyl (C=O) groups is 2. The van der Waals surface area contributed by atoms with Crippen molar-refractivity contribution < 1.29 is 14.3 Å². The van der Waals surface area contributed by atoms with Gasteiger partial charge in [-0.15, -0.1) is 0 Å². The number of rotatable bonds is 7. The Labute approximate surface area is 225 Å². The highest BCUT2D eigenvalue weighted by Crippen LogP contribution is 2.37. The third-order valence-electron chi connectivity index (χ3n) is 5.66. The molecule has 0 aliphatic carbocycles. The fourth-order valence-electron chi connectivity index (χ4n) is 3.79. The van der Waals surface area contributed by atoms with Gasteiger partial charge in [-0.3, -0.25) is 14.5 Å². The van der Waals surface area contributed by atoms with Crippen LogP contribution in [0.4, 0.5) is 17.1 Å². The summed E-state index contributed by atoms with van der Waals surface area (Å²) >= 11 is 1.32. The molecule has 0 atom stereocenters. The van der Waals surface area contributed by atoms with Gasteiger partial charge in [0.05, 0.1) is 16.3 Å². The van der Waals surface area contributed by atoms with Gasteiger partial charge in [-0.05, 0) is 78.9 Å². The minimum absolute atomic E-state index is 0.128. The highest BCUT2D eigenvalue weighted by molar-refractivity contribution is 8.19. The fraction of sp³-hybridized carbons (Fsp3) is 0.0645. The molecule has 0 spiro atoms. The number of aliphatic imine (C=N–C) groups is 1. The Morgan fingerprint density at radius 1 is 0.921 bits per heavy atom. The zero-order chi connectivity index (χ0) is 26.3. The molecule has 1 heterocycles. The van der Waals surface area contributed by atoms with Gasteiger partial charge < -0.3 is 10.1 Å². The number of hydrogen-bond acceptors (Lipinski definition) is 5. The second-order valence-electron chi connectivity index (χ2n) is 8.59.